The Morgan fingerprint density at radius 1 is 0.773 bits per heavy atom. The largest absolute Gasteiger partial charge is 1.00 e. The van der Waals surface area contributed by atoms with Crippen molar-refractivity contribution in [1.29, 1.82) is 0 Å². The zero-order valence-corrected chi connectivity index (χ0v) is 15.8. The van der Waals surface area contributed by atoms with E-state index in [0.29, 0.717) is 0 Å². The van der Waals surface area contributed by atoms with Gasteiger partial charge >= 0.3 is 29.6 Å². The fourth-order valence-electron chi connectivity index (χ4n) is 2.35. The summed E-state index contributed by atoms with van der Waals surface area (Å²) in [4.78, 5) is 0. The Hall–Kier alpha value is -1.12. The van der Waals surface area contributed by atoms with Crippen LogP contribution in [0, 0.1) is 0 Å². The average Bonchev–Trinajstić information content (AvgIpc) is 2.49. The second-order valence-corrected chi connectivity index (χ2v) is 5.41. The van der Waals surface area contributed by atoms with Crippen molar-refractivity contribution in [2.24, 2.45) is 0 Å². The summed E-state index contributed by atoms with van der Waals surface area (Å²) < 4.78 is 6.35. The maximum atomic E-state index is 6.35. The van der Waals surface area contributed by atoms with Crippen LogP contribution in [0.3, 0.4) is 0 Å². The summed E-state index contributed by atoms with van der Waals surface area (Å²) in [6.07, 6.45) is -0.263. The van der Waals surface area contributed by atoms with E-state index in [9.17, 15) is 0 Å². The predicted molar refractivity (Wildman–Crippen MR) is 90.2 cm³/mol. The third kappa shape index (κ3) is 4.96. The van der Waals surface area contributed by atoms with Crippen LogP contribution in [0.4, 0.5) is 0 Å². The molecule has 110 valence electrons. The van der Waals surface area contributed by atoms with Crippen molar-refractivity contribution in [3.8, 4) is 0 Å². The molecule has 0 aliphatic rings. The van der Waals surface area contributed by atoms with Gasteiger partial charge in [0.1, 0.15) is 12.2 Å². The van der Waals surface area contributed by atoms with E-state index in [1.165, 1.54) is 0 Å². The summed E-state index contributed by atoms with van der Waals surface area (Å²) in [6.45, 7) is 12.2. The van der Waals surface area contributed by atoms with Crippen LogP contribution in [0.25, 0.3) is 0 Å². The number of rotatable bonds is 6. The molecule has 2 aromatic rings. The third-order valence-corrected chi connectivity index (χ3v) is 3.37. The van der Waals surface area contributed by atoms with Crippen LogP contribution >= 0.6 is 0 Å². The van der Waals surface area contributed by atoms with E-state index in [-0.39, 0.29) is 43.2 Å². The Morgan fingerprint density at radius 2 is 1.09 bits per heavy atom. The minimum absolute atomic E-state index is 0. The number of hydrogen-bond donors (Lipinski definition) is 0. The molecule has 0 aromatic heterocycles. The first-order valence-corrected chi connectivity index (χ1v) is 7.15. The molecule has 0 radical (unpaired) electrons. The number of hydrogen-bond acceptors (Lipinski definition) is 1. The van der Waals surface area contributed by atoms with Gasteiger partial charge in [-0.1, -0.05) is 73.8 Å². The Kier molecular flexibility index (Phi) is 7.84. The van der Waals surface area contributed by atoms with Crippen molar-refractivity contribution in [2.45, 2.75) is 26.1 Å². The van der Waals surface area contributed by atoms with Crippen LogP contribution in [0.2, 0.25) is 0 Å². The minimum atomic E-state index is -0.131. The molecule has 0 bridgehead atoms. The fraction of sp³-hybridized carbons (Fsp3) is 0.200. The average molecular weight is 302 g/mol. The Morgan fingerprint density at radius 3 is 1.36 bits per heavy atom. The van der Waals surface area contributed by atoms with Crippen LogP contribution in [0.5, 0.6) is 0 Å². The quantitative estimate of drug-likeness (QED) is 0.589. The monoisotopic (exact) mass is 302 g/mol. The molecule has 0 spiro atoms. The van der Waals surface area contributed by atoms with E-state index in [2.05, 4.69) is 37.4 Å². The zero-order valence-electron chi connectivity index (χ0n) is 14.8. The molecule has 0 aliphatic carbocycles. The summed E-state index contributed by atoms with van der Waals surface area (Å²) in [6, 6.07) is 20.4. The smallest absolute Gasteiger partial charge is 1.00 e. The first-order valence-electron chi connectivity index (χ1n) is 7.15. The van der Waals surface area contributed by atoms with Crippen LogP contribution in [0.15, 0.2) is 85.0 Å². The molecule has 2 aromatic carbocycles. The SMILES string of the molecule is C=C(C)C(OC(C(=C)C)c1ccccc1)c1ccccc1.[H-].[Na+]. The first kappa shape index (κ1) is 18.9. The van der Waals surface area contributed by atoms with E-state index in [1.54, 1.807) is 0 Å². The molecule has 0 heterocycles. The summed E-state index contributed by atoms with van der Waals surface area (Å²) >= 11 is 0. The molecule has 2 heteroatoms. The van der Waals surface area contributed by atoms with Gasteiger partial charge in [-0.15, -0.1) is 0 Å². The van der Waals surface area contributed by atoms with E-state index in [1.807, 2.05) is 50.2 Å². The second-order valence-electron chi connectivity index (χ2n) is 5.41. The van der Waals surface area contributed by atoms with Gasteiger partial charge in [0.25, 0.3) is 0 Å². The molecule has 0 N–H and O–H groups in total. The van der Waals surface area contributed by atoms with Gasteiger partial charge in [-0.2, -0.15) is 0 Å². The molecule has 0 amide bonds. The second kappa shape index (κ2) is 9.12. The molecular formula is C20H23NaO. The molecule has 2 atom stereocenters. The molecule has 0 saturated carbocycles. The van der Waals surface area contributed by atoms with E-state index >= 15 is 0 Å². The van der Waals surface area contributed by atoms with Gasteiger partial charge in [-0.25, -0.2) is 0 Å². The normalized spacial score (nSPS) is 12.8. The minimum Gasteiger partial charge on any atom is -1.00 e. The van der Waals surface area contributed by atoms with Gasteiger partial charge in [0.15, 0.2) is 0 Å². The Labute approximate surface area is 157 Å². The van der Waals surface area contributed by atoms with Crippen LogP contribution in [0.1, 0.15) is 38.6 Å². The molecule has 22 heavy (non-hydrogen) atoms. The maximum Gasteiger partial charge on any atom is 1.00 e. The van der Waals surface area contributed by atoms with Gasteiger partial charge in [0, 0.05) is 0 Å². The molecule has 0 saturated heterocycles. The van der Waals surface area contributed by atoms with Crippen LogP contribution < -0.4 is 29.6 Å². The van der Waals surface area contributed by atoms with Crippen LogP contribution in [-0.4, -0.2) is 0 Å². The predicted octanol–water partition coefficient (Wildman–Crippen LogP) is 2.75. The Bertz CT molecular complexity index is 555. The summed E-state index contributed by atoms with van der Waals surface area (Å²) in [5.74, 6) is 0. The van der Waals surface area contributed by atoms with E-state index in [0.717, 1.165) is 22.3 Å². The van der Waals surface area contributed by atoms with Gasteiger partial charge in [0.2, 0.25) is 0 Å². The summed E-state index contributed by atoms with van der Waals surface area (Å²) in [5, 5.41) is 0. The Balaban J connectivity index is 0.00000242. The maximum absolute atomic E-state index is 6.35. The molecular weight excluding hydrogens is 279 g/mol. The fourth-order valence-corrected chi connectivity index (χ4v) is 2.35. The van der Waals surface area contributed by atoms with Crippen molar-refractivity contribution >= 4 is 0 Å². The summed E-state index contributed by atoms with van der Waals surface area (Å²) in [7, 11) is 0. The van der Waals surface area contributed by atoms with Crippen molar-refractivity contribution in [3.63, 3.8) is 0 Å². The standard InChI is InChI=1S/C20H22O.Na.H/c1-15(2)19(17-11-7-5-8-12-17)21-20(16(3)4)18-13-9-6-10-14-18;;/h5-14,19-20H,1,3H2,2,4H3;;/q;+1;-1. The molecule has 1 nitrogen and oxygen atoms in total. The third-order valence-electron chi connectivity index (χ3n) is 3.37. The van der Waals surface area contributed by atoms with Crippen LogP contribution in [-0.2, 0) is 4.74 Å². The summed E-state index contributed by atoms with van der Waals surface area (Å²) in [5.41, 5.74) is 4.21. The molecule has 2 unspecified atom stereocenters. The van der Waals surface area contributed by atoms with Gasteiger partial charge in [-0.05, 0) is 36.1 Å². The van der Waals surface area contributed by atoms with Crippen molar-refractivity contribution in [2.75, 3.05) is 0 Å². The first-order chi connectivity index (χ1) is 10.1. The van der Waals surface area contributed by atoms with E-state index in [4.69, 9.17) is 4.74 Å². The van der Waals surface area contributed by atoms with Crippen molar-refractivity contribution in [1.82, 2.24) is 0 Å². The van der Waals surface area contributed by atoms with E-state index < -0.39 is 0 Å². The van der Waals surface area contributed by atoms with Gasteiger partial charge < -0.3 is 6.16 Å². The van der Waals surface area contributed by atoms with Gasteiger partial charge in [0.05, 0.1) is 0 Å². The number of benzene rings is 2. The number of ether oxygens (including phenoxy) is 1. The zero-order chi connectivity index (χ0) is 15.2. The molecule has 0 aliphatic heterocycles. The van der Waals surface area contributed by atoms with Crippen molar-refractivity contribution < 1.29 is 35.7 Å². The molecule has 2 rings (SSSR count). The molecule has 0 fully saturated rings. The van der Waals surface area contributed by atoms with Gasteiger partial charge in [-0.3, -0.25) is 0 Å². The van der Waals surface area contributed by atoms with Crippen molar-refractivity contribution in [3.05, 3.63) is 96.1 Å². The topological polar surface area (TPSA) is 9.23 Å².